The largest absolute Gasteiger partial charge is 0.468 e. The van der Waals surface area contributed by atoms with Gasteiger partial charge in [0, 0.05) is 35.8 Å². The molecule has 9 nitrogen and oxygen atoms in total. The van der Waals surface area contributed by atoms with Crippen molar-refractivity contribution in [3.63, 3.8) is 0 Å². The molecule has 0 bridgehead atoms. The molecule has 5 rings (SSSR count). The van der Waals surface area contributed by atoms with Gasteiger partial charge in [0.1, 0.15) is 11.5 Å². The number of allylic oxidation sites excluding steroid dienone is 1. The minimum atomic E-state index is -1.35. The number of fused-ring (bicyclic) bond motifs is 4. The molecule has 9 heteroatoms. The van der Waals surface area contributed by atoms with Crippen LogP contribution in [0.2, 0.25) is 0 Å². The molecule has 6 atom stereocenters. The minimum Gasteiger partial charge on any atom is -0.468 e. The van der Waals surface area contributed by atoms with Gasteiger partial charge in [-0.3, -0.25) is 19.7 Å². The number of aliphatic hydroxyl groups is 1. The Morgan fingerprint density at radius 3 is 2.47 bits per heavy atom. The van der Waals surface area contributed by atoms with Crippen LogP contribution in [0, 0.1) is 32.8 Å². The van der Waals surface area contributed by atoms with Crippen molar-refractivity contribution in [3.8, 4) is 0 Å². The third kappa shape index (κ3) is 3.43. The molecule has 1 N–H and O–H groups in total. The molecule has 0 heterocycles. The van der Waals surface area contributed by atoms with Crippen LogP contribution in [0.1, 0.15) is 68.6 Å². The van der Waals surface area contributed by atoms with E-state index in [1.54, 1.807) is 0 Å². The van der Waals surface area contributed by atoms with Gasteiger partial charge in [0.15, 0.2) is 5.78 Å². The van der Waals surface area contributed by atoms with E-state index < -0.39 is 39.7 Å². The van der Waals surface area contributed by atoms with Gasteiger partial charge in [-0.25, -0.2) is 4.79 Å². The summed E-state index contributed by atoms with van der Waals surface area (Å²) in [6.45, 7) is 2.08. The number of ketones is 1. The quantitative estimate of drug-likeness (QED) is 0.218. The lowest BCUT2D eigenvalue weighted by atomic mass is 9.48. The number of esters is 2. The summed E-state index contributed by atoms with van der Waals surface area (Å²) in [7, 11) is 1.31. The molecule has 0 aromatic heterocycles. The predicted molar refractivity (Wildman–Crippen MR) is 127 cm³/mol. The molecule has 0 aliphatic heterocycles. The van der Waals surface area contributed by atoms with E-state index in [-0.39, 0.29) is 35.5 Å². The molecule has 0 spiro atoms. The molecular formula is C27H31NO8. The molecule has 0 unspecified atom stereocenters. The highest BCUT2D eigenvalue weighted by atomic mass is 16.6. The van der Waals surface area contributed by atoms with Gasteiger partial charge < -0.3 is 14.6 Å². The Morgan fingerprint density at radius 2 is 1.81 bits per heavy atom. The van der Waals surface area contributed by atoms with Crippen molar-refractivity contribution in [3.05, 3.63) is 51.1 Å². The smallest absolute Gasteiger partial charge is 0.338 e. The van der Waals surface area contributed by atoms with Crippen LogP contribution in [0.25, 0.3) is 0 Å². The van der Waals surface area contributed by atoms with Crippen LogP contribution < -0.4 is 0 Å². The molecular weight excluding hydrogens is 466 g/mol. The second kappa shape index (κ2) is 8.80. The van der Waals surface area contributed by atoms with E-state index in [4.69, 9.17) is 9.47 Å². The number of nitrogens with zero attached hydrogens (tertiary/aromatic N) is 1. The molecule has 4 aliphatic carbocycles. The first kappa shape index (κ1) is 24.6. The number of rotatable bonds is 4. The van der Waals surface area contributed by atoms with Crippen LogP contribution in [0.4, 0.5) is 5.69 Å². The third-order valence-corrected chi connectivity index (χ3v) is 9.36. The highest BCUT2D eigenvalue weighted by molar-refractivity contribution is 6.06. The number of Topliss-reactive ketones (excluding diaryl/α,β-unsaturated/α-hetero) is 1. The number of hydrogen-bond acceptors (Lipinski definition) is 8. The van der Waals surface area contributed by atoms with Gasteiger partial charge in [-0.15, -0.1) is 0 Å². The van der Waals surface area contributed by atoms with Crippen molar-refractivity contribution in [2.45, 2.75) is 70.5 Å². The maximum Gasteiger partial charge on any atom is 0.338 e. The number of nitro groups is 1. The molecule has 1 aromatic carbocycles. The van der Waals surface area contributed by atoms with Gasteiger partial charge in [0.2, 0.25) is 0 Å². The van der Waals surface area contributed by atoms with E-state index in [2.05, 4.69) is 6.92 Å². The van der Waals surface area contributed by atoms with Crippen molar-refractivity contribution >= 4 is 23.4 Å². The summed E-state index contributed by atoms with van der Waals surface area (Å²) in [5, 5.41) is 21.7. The van der Waals surface area contributed by atoms with E-state index in [9.17, 15) is 29.6 Å². The van der Waals surface area contributed by atoms with Crippen LogP contribution in [-0.4, -0.2) is 47.1 Å². The predicted octanol–water partition coefficient (Wildman–Crippen LogP) is 3.92. The molecule has 3 fully saturated rings. The average molecular weight is 498 g/mol. The maximum atomic E-state index is 13.4. The Bertz CT molecular complexity index is 1150. The minimum absolute atomic E-state index is 0.0952. The third-order valence-electron chi connectivity index (χ3n) is 9.36. The summed E-state index contributed by atoms with van der Waals surface area (Å²) in [6.07, 6.45) is 3.26. The highest BCUT2D eigenvalue weighted by Gasteiger charge is 2.66. The number of benzene rings is 1. The van der Waals surface area contributed by atoms with Crippen LogP contribution in [0.5, 0.6) is 0 Å². The molecule has 3 saturated carbocycles. The van der Waals surface area contributed by atoms with Crippen molar-refractivity contribution < 1.29 is 33.9 Å². The Balaban J connectivity index is 1.45. The summed E-state index contributed by atoms with van der Waals surface area (Å²) in [5.41, 5.74) is 0.662. The fourth-order valence-corrected chi connectivity index (χ4v) is 7.63. The number of ether oxygens (including phenoxy) is 2. The first-order valence-electron chi connectivity index (χ1n) is 12.6. The van der Waals surface area contributed by atoms with Gasteiger partial charge >= 0.3 is 11.9 Å². The number of methoxy groups -OCH3 is 1. The zero-order valence-electron chi connectivity index (χ0n) is 20.5. The lowest BCUT2D eigenvalue weighted by molar-refractivity contribution is -0.384. The SMILES string of the molecule is COC(=O)[C@]12C(=O)CC[C@H](O)[C@H]1CCC1=C3CC[C@H](OC(=O)c4ccc([N+](=O)[O-])cc4)[C@@]3(C)CC[C@@H]12. The summed E-state index contributed by atoms with van der Waals surface area (Å²) >= 11 is 0. The summed E-state index contributed by atoms with van der Waals surface area (Å²) in [4.78, 5) is 49.9. The van der Waals surface area contributed by atoms with Gasteiger partial charge in [-0.1, -0.05) is 18.1 Å². The Morgan fingerprint density at radius 1 is 1.08 bits per heavy atom. The highest BCUT2D eigenvalue weighted by Crippen LogP contribution is 2.63. The Labute approximate surface area is 209 Å². The van der Waals surface area contributed by atoms with E-state index in [1.165, 1.54) is 31.4 Å². The zero-order chi connectivity index (χ0) is 25.8. The fourth-order valence-electron chi connectivity index (χ4n) is 7.63. The molecule has 1 aromatic rings. The number of carbonyl (C=O) groups excluding carboxylic acids is 3. The van der Waals surface area contributed by atoms with Gasteiger partial charge in [-0.05, 0) is 57.1 Å². The first-order valence-corrected chi connectivity index (χ1v) is 12.6. The molecule has 4 aliphatic rings. The number of non-ortho nitro benzene ring substituents is 1. The van der Waals surface area contributed by atoms with E-state index in [0.717, 1.165) is 11.1 Å². The molecule has 0 radical (unpaired) electrons. The van der Waals surface area contributed by atoms with Crippen LogP contribution in [0.15, 0.2) is 35.4 Å². The fraction of sp³-hybridized carbons (Fsp3) is 0.593. The standard InChI is InChI=1S/C27H31NO8/c1-26-14-13-19-17(7-8-20-21(29)10-11-22(30)27(19,20)25(32)35-2)18(26)9-12-23(26)36-24(31)15-3-5-16(6-4-15)28(33)34/h3-6,19-21,23,29H,7-14H2,1-2H3/t19-,20+,21-,23-,26-,27-/m0/s1. The van der Waals surface area contributed by atoms with Crippen LogP contribution >= 0.6 is 0 Å². The first-order chi connectivity index (χ1) is 17.1. The van der Waals surface area contributed by atoms with E-state index in [1.807, 2.05) is 0 Å². The number of hydrogen-bond donors (Lipinski definition) is 1. The maximum absolute atomic E-state index is 13.4. The van der Waals surface area contributed by atoms with Gasteiger partial charge in [0.05, 0.1) is 23.7 Å². The topological polar surface area (TPSA) is 133 Å². The summed E-state index contributed by atoms with van der Waals surface area (Å²) in [6, 6.07) is 5.36. The summed E-state index contributed by atoms with van der Waals surface area (Å²) < 4.78 is 11.1. The Kier molecular flexibility index (Phi) is 6.01. The van der Waals surface area contributed by atoms with Crippen molar-refractivity contribution in [2.75, 3.05) is 7.11 Å². The lowest BCUT2D eigenvalue weighted by Gasteiger charge is -2.55. The number of nitro benzene ring substituents is 1. The molecule has 192 valence electrons. The average Bonchev–Trinajstić information content (AvgIpc) is 3.21. The van der Waals surface area contributed by atoms with Crippen molar-refractivity contribution in [1.82, 2.24) is 0 Å². The summed E-state index contributed by atoms with van der Waals surface area (Å²) in [5.74, 6) is -1.94. The molecule has 36 heavy (non-hydrogen) atoms. The van der Waals surface area contributed by atoms with Crippen molar-refractivity contribution in [1.29, 1.82) is 0 Å². The zero-order valence-corrected chi connectivity index (χ0v) is 20.5. The van der Waals surface area contributed by atoms with Crippen LogP contribution in [0.3, 0.4) is 0 Å². The van der Waals surface area contributed by atoms with Gasteiger partial charge in [0.25, 0.3) is 5.69 Å². The second-order valence-electron chi connectivity index (χ2n) is 10.8. The lowest BCUT2D eigenvalue weighted by Crippen LogP contribution is -2.61. The van der Waals surface area contributed by atoms with Crippen molar-refractivity contribution in [2.24, 2.45) is 22.7 Å². The van der Waals surface area contributed by atoms with Gasteiger partial charge in [-0.2, -0.15) is 0 Å². The molecule has 0 amide bonds. The monoisotopic (exact) mass is 497 g/mol. The normalized spacial score (nSPS) is 35.4. The Hall–Kier alpha value is -3.07. The number of carbonyl (C=O) groups is 3. The van der Waals surface area contributed by atoms with E-state index >= 15 is 0 Å². The molecule has 0 saturated heterocycles. The number of aliphatic hydroxyl groups excluding tert-OH is 1. The van der Waals surface area contributed by atoms with E-state index in [0.29, 0.717) is 44.9 Å². The second-order valence-corrected chi connectivity index (χ2v) is 10.8. The van der Waals surface area contributed by atoms with Crippen LogP contribution in [-0.2, 0) is 19.1 Å².